The minimum atomic E-state index is -0.655. The summed E-state index contributed by atoms with van der Waals surface area (Å²) in [4.78, 5) is 32.9. The van der Waals surface area contributed by atoms with Gasteiger partial charge in [-0.3, -0.25) is 9.36 Å². The van der Waals surface area contributed by atoms with Crippen molar-refractivity contribution >= 4 is 57.7 Å². The smallest absolute Gasteiger partial charge is 0.338 e. The van der Waals surface area contributed by atoms with Gasteiger partial charge < -0.3 is 14.6 Å². The van der Waals surface area contributed by atoms with Crippen molar-refractivity contribution in [1.82, 2.24) is 4.57 Å². The van der Waals surface area contributed by atoms with E-state index in [2.05, 4.69) is 4.99 Å². The Kier molecular flexibility index (Phi) is 8.26. The highest BCUT2D eigenvalue weighted by Crippen LogP contribution is 2.34. The quantitative estimate of drug-likeness (QED) is 0.237. The first-order chi connectivity index (χ1) is 17.3. The Hall–Kier alpha value is -2.57. The number of ether oxygens (including phenoxy) is 2. The van der Waals surface area contributed by atoms with Crippen molar-refractivity contribution < 1.29 is 19.4 Å². The molecule has 0 unspecified atom stereocenters. The third-order valence-electron chi connectivity index (χ3n) is 5.60. The second-order valence-corrected chi connectivity index (χ2v) is 10.9. The molecule has 2 heterocycles. The molecule has 188 valence electrons. The average Bonchev–Trinajstić information content (AvgIpc) is 3.15. The summed E-state index contributed by atoms with van der Waals surface area (Å²) >= 11 is 4.91. The monoisotopic (exact) mass is 636 g/mol. The lowest BCUT2D eigenvalue weighted by atomic mass is 9.96. The summed E-state index contributed by atoms with van der Waals surface area (Å²) in [6.07, 6.45) is 3.75. The van der Waals surface area contributed by atoms with Gasteiger partial charge in [0.2, 0.25) is 0 Å². The fraction of sp³-hybridized carbons (Fsp3) is 0.269. The molecular weight excluding hydrogens is 611 g/mol. The molecular formula is C26H25IN2O5S2. The van der Waals surface area contributed by atoms with Crippen LogP contribution >= 0.6 is 45.7 Å². The second kappa shape index (κ2) is 11.2. The van der Waals surface area contributed by atoms with Gasteiger partial charge in [-0.15, -0.1) is 11.8 Å². The zero-order valence-corrected chi connectivity index (χ0v) is 24.0. The normalized spacial score (nSPS) is 15.5. The Morgan fingerprint density at radius 3 is 2.61 bits per heavy atom. The van der Waals surface area contributed by atoms with Crippen LogP contribution in [-0.2, 0) is 9.53 Å². The van der Waals surface area contributed by atoms with E-state index < -0.39 is 12.0 Å². The lowest BCUT2D eigenvalue weighted by Crippen LogP contribution is -2.39. The number of carbonyl (C=O) groups excluding carboxylic acids is 1. The number of aromatic nitrogens is 1. The first kappa shape index (κ1) is 26.5. The number of phenols is 1. The molecule has 0 spiro atoms. The SMILES string of the molecule is CCOC(=O)C1=C(C)N=c2s/c(=C\c3cc(I)c(O)c(OCC)c3)c(=O)n2[C@H]1c1ccc(SC)cc1. The van der Waals surface area contributed by atoms with Crippen LogP contribution in [0.5, 0.6) is 11.5 Å². The van der Waals surface area contributed by atoms with Crippen LogP contribution in [0.2, 0.25) is 0 Å². The zero-order valence-electron chi connectivity index (χ0n) is 20.2. The van der Waals surface area contributed by atoms with Crippen LogP contribution in [0.1, 0.15) is 37.9 Å². The molecule has 0 saturated heterocycles. The van der Waals surface area contributed by atoms with E-state index in [9.17, 15) is 14.7 Å². The van der Waals surface area contributed by atoms with Gasteiger partial charge in [-0.2, -0.15) is 0 Å². The van der Waals surface area contributed by atoms with E-state index in [1.165, 1.54) is 11.3 Å². The molecule has 0 saturated carbocycles. The number of aromatic hydroxyl groups is 1. The lowest BCUT2D eigenvalue weighted by molar-refractivity contribution is -0.139. The lowest BCUT2D eigenvalue weighted by Gasteiger charge is -2.24. The summed E-state index contributed by atoms with van der Waals surface area (Å²) in [5, 5.41) is 10.3. The van der Waals surface area contributed by atoms with E-state index in [1.54, 1.807) is 48.4 Å². The second-order valence-electron chi connectivity index (χ2n) is 7.86. The topological polar surface area (TPSA) is 90.1 Å². The molecule has 0 radical (unpaired) electrons. The number of thioether (sulfide) groups is 1. The summed E-state index contributed by atoms with van der Waals surface area (Å²) in [5.41, 5.74) is 2.14. The molecule has 7 nitrogen and oxygen atoms in total. The molecule has 0 bridgehead atoms. The average molecular weight is 637 g/mol. The van der Waals surface area contributed by atoms with Gasteiger partial charge >= 0.3 is 5.97 Å². The number of benzene rings is 2. The van der Waals surface area contributed by atoms with Crippen molar-refractivity contribution in [1.29, 1.82) is 0 Å². The first-order valence-corrected chi connectivity index (χ1v) is 14.4. The number of allylic oxidation sites excluding steroid dienone is 1. The highest BCUT2D eigenvalue weighted by Gasteiger charge is 2.33. The van der Waals surface area contributed by atoms with Crippen molar-refractivity contribution in [3.63, 3.8) is 0 Å². The van der Waals surface area contributed by atoms with E-state index in [4.69, 9.17) is 9.47 Å². The van der Waals surface area contributed by atoms with Gasteiger partial charge in [0.25, 0.3) is 5.56 Å². The van der Waals surface area contributed by atoms with Crippen LogP contribution in [0.4, 0.5) is 0 Å². The number of thiazole rings is 1. The molecule has 0 aliphatic carbocycles. The third kappa shape index (κ3) is 5.12. The van der Waals surface area contributed by atoms with E-state index in [0.29, 0.717) is 42.1 Å². The largest absolute Gasteiger partial charge is 0.504 e. The maximum atomic E-state index is 13.7. The minimum absolute atomic E-state index is 0.0689. The number of esters is 1. The summed E-state index contributed by atoms with van der Waals surface area (Å²) in [6, 6.07) is 10.6. The highest BCUT2D eigenvalue weighted by molar-refractivity contribution is 14.1. The number of fused-ring (bicyclic) bond motifs is 1. The number of phenolic OH excluding ortho intramolecular Hbond substituents is 1. The van der Waals surface area contributed by atoms with Gasteiger partial charge in [-0.05, 0) is 91.1 Å². The van der Waals surface area contributed by atoms with Gasteiger partial charge in [0, 0.05) is 4.90 Å². The van der Waals surface area contributed by atoms with Gasteiger partial charge in [0.05, 0.1) is 38.6 Å². The molecule has 1 aliphatic heterocycles. The molecule has 1 N–H and O–H groups in total. The van der Waals surface area contributed by atoms with Crippen LogP contribution in [0.25, 0.3) is 6.08 Å². The number of hydrogen-bond donors (Lipinski definition) is 1. The maximum Gasteiger partial charge on any atom is 0.338 e. The van der Waals surface area contributed by atoms with E-state index in [1.807, 2.05) is 60.0 Å². The van der Waals surface area contributed by atoms with Crippen LogP contribution < -0.4 is 19.6 Å². The molecule has 0 amide bonds. The Morgan fingerprint density at radius 1 is 1.25 bits per heavy atom. The van der Waals surface area contributed by atoms with Crippen LogP contribution in [-0.4, -0.2) is 35.1 Å². The molecule has 0 fully saturated rings. The van der Waals surface area contributed by atoms with Gasteiger partial charge in [0.1, 0.15) is 0 Å². The summed E-state index contributed by atoms with van der Waals surface area (Å²) in [7, 11) is 0. The number of hydrogen-bond acceptors (Lipinski definition) is 8. The van der Waals surface area contributed by atoms with Crippen molar-refractivity contribution in [3.05, 3.63) is 82.1 Å². The number of nitrogens with zero attached hydrogens (tertiary/aromatic N) is 2. The summed E-state index contributed by atoms with van der Waals surface area (Å²) < 4.78 is 13.5. The fourth-order valence-electron chi connectivity index (χ4n) is 3.99. The predicted molar refractivity (Wildman–Crippen MR) is 151 cm³/mol. The first-order valence-electron chi connectivity index (χ1n) is 11.3. The van der Waals surface area contributed by atoms with Crippen molar-refractivity contribution in [2.24, 2.45) is 4.99 Å². The summed E-state index contributed by atoms with van der Waals surface area (Å²) in [5.74, 6) is -0.0588. The van der Waals surface area contributed by atoms with Crippen molar-refractivity contribution in [2.75, 3.05) is 19.5 Å². The number of carbonyl (C=O) groups is 1. The molecule has 1 aliphatic rings. The van der Waals surface area contributed by atoms with Crippen LogP contribution in [0.15, 0.2) is 62.4 Å². The molecule has 36 heavy (non-hydrogen) atoms. The Balaban J connectivity index is 1.93. The highest BCUT2D eigenvalue weighted by atomic mass is 127. The standard InChI is InChI=1S/C26H25IN2O5S2/c1-5-33-19-12-15(11-18(27)23(19)30)13-20-24(31)29-22(16-7-9-17(35-4)10-8-16)21(25(32)34-6-2)14(3)28-26(29)36-20/h7-13,22,30H,5-6H2,1-4H3/b20-13-/t22-/m0/s1. The minimum Gasteiger partial charge on any atom is -0.504 e. The van der Waals surface area contributed by atoms with E-state index in [-0.39, 0.29) is 17.9 Å². The molecule has 4 rings (SSSR count). The van der Waals surface area contributed by atoms with Gasteiger partial charge in [0.15, 0.2) is 16.3 Å². The fourth-order valence-corrected chi connectivity index (χ4v) is 6.07. The van der Waals surface area contributed by atoms with Crippen molar-refractivity contribution in [3.8, 4) is 11.5 Å². The van der Waals surface area contributed by atoms with Gasteiger partial charge in [-0.25, -0.2) is 9.79 Å². The Labute approximate surface area is 230 Å². The molecule has 1 atom stereocenters. The van der Waals surface area contributed by atoms with Crippen molar-refractivity contribution in [2.45, 2.75) is 31.7 Å². The predicted octanol–water partition coefficient (Wildman–Crippen LogP) is 4.23. The van der Waals surface area contributed by atoms with Gasteiger partial charge in [-0.1, -0.05) is 23.5 Å². The number of rotatable bonds is 7. The maximum absolute atomic E-state index is 13.7. The Bertz CT molecular complexity index is 1520. The van der Waals surface area contributed by atoms with Crippen LogP contribution in [0.3, 0.4) is 0 Å². The zero-order chi connectivity index (χ0) is 26.0. The molecule has 1 aromatic heterocycles. The third-order valence-corrected chi connectivity index (χ3v) is 8.15. The molecule has 10 heteroatoms. The molecule has 2 aromatic carbocycles. The van der Waals surface area contributed by atoms with E-state index in [0.717, 1.165) is 10.5 Å². The Morgan fingerprint density at radius 2 is 1.97 bits per heavy atom. The van der Waals surface area contributed by atoms with Crippen LogP contribution in [0, 0.1) is 3.57 Å². The summed E-state index contributed by atoms with van der Waals surface area (Å²) in [6.45, 7) is 5.98. The molecule has 3 aromatic rings. The number of halogens is 1. The van der Waals surface area contributed by atoms with E-state index >= 15 is 0 Å².